The first-order chi connectivity index (χ1) is 10.3. The van der Waals surface area contributed by atoms with Gasteiger partial charge in [0.2, 0.25) is 0 Å². The molecule has 106 valence electrons. The second-order valence-corrected chi connectivity index (χ2v) is 5.93. The molecule has 1 aromatic carbocycles. The molecule has 0 N–H and O–H groups in total. The van der Waals surface area contributed by atoms with Crippen LogP contribution in [0.3, 0.4) is 0 Å². The van der Waals surface area contributed by atoms with Gasteiger partial charge in [0.15, 0.2) is 0 Å². The first-order valence-electron chi connectivity index (χ1n) is 6.85. The minimum absolute atomic E-state index is 0.265. The summed E-state index contributed by atoms with van der Waals surface area (Å²) in [6, 6.07) is 10.4. The zero-order chi connectivity index (χ0) is 14.7. The highest BCUT2D eigenvalue weighted by Gasteiger charge is 2.19. The smallest absolute Gasteiger partial charge is 0.123 e. The first kappa shape index (κ1) is 13.9. The lowest BCUT2D eigenvalue weighted by molar-refractivity contribution is 0.626. The van der Waals surface area contributed by atoms with Crippen LogP contribution in [0.2, 0.25) is 0 Å². The van der Waals surface area contributed by atoms with Gasteiger partial charge in [0.1, 0.15) is 22.5 Å². The molecule has 5 heteroatoms. The van der Waals surface area contributed by atoms with Gasteiger partial charge in [0, 0.05) is 24.2 Å². The Morgan fingerprint density at radius 3 is 2.52 bits per heavy atom. The SMILES string of the molecule is N#Cc1c(N2CCCC2)ccnc1Sc1ccc(F)cc1. The number of benzene rings is 1. The molecule has 0 spiro atoms. The molecule has 2 aromatic rings. The number of nitriles is 1. The molecule has 0 unspecified atom stereocenters. The Labute approximate surface area is 127 Å². The van der Waals surface area contributed by atoms with Crippen LogP contribution < -0.4 is 4.90 Å². The van der Waals surface area contributed by atoms with Gasteiger partial charge in [-0.3, -0.25) is 0 Å². The number of nitrogens with zero attached hydrogens (tertiary/aromatic N) is 3. The van der Waals surface area contributed by atoms with E-state index in [0.717, 1.165) is 36.5 Å². The summed E-state index contributed by atoms with van der Waals surface area (Å²) in [4.78, 5) is 7.42. The van der Waals surface area contributed by atoms with Crippen molar-refractivity contribution in [2.75, 3.05) is 18.0 Å². The number of aromatic nitrogens is 1. The normalized spacial score (nSPS) is 14.2. The van der Waals surface area contributed by atoms with Crippen LogP contribution in [0.25, 0.3) is 0 Å². The van der Waals surface area contributed by atoms with Crippen molar-refractivity contribution in [3.63, 3.8) is 0 Å². The molecule has 1 aliphatic rings. The van der Waals surface area contributed by atoms with Crippen LogP contribution in [0, 0.1) is 17.1 Å². The van der Waals surface area contributed by atoms with Gasteiger partial charge in [-0.1, -0.05) is 11.8 Å². The topological polar surface area (TPSA) is 39.9 Å². The fraction of sp³-hybridized carbons (Fsp3) is 0.250. The van der Waals surface area contributed by atoms with E-state index in [0.29, 0.717) is 10.6 Å². The molecule has 0 bridgehead atoms. The lowest BCUT2D eigenvalue weighted by Gasteiger charge is -2.19. The molecule has 3 rings (SSSR count). The van der Waals surface area contributed by atoms with Gasteiger partial charge in [0.05, 0.1) is 5.69 Å². The Kier molecular flexibility index (Phi) is 4.07. The van der Waals surface area contributed by atoms with Crippen LogP contribution in [0.15, 0.2) is 46.5 Å². The standard InChI is InChI=1S/C16H14FN3S/c17-12-3-5-13(6-4-12)21-16-14(11-18)15(7-8-19-16)20-9-1-2-10-20/h3-8H,1-2,9-10H2. The van der Waals surface area contributed by atoms with E-state index in [4.69, 9.17) is 0 Å². The van der Waals surface area contributed by atoms with Gasteiger partial charge < -0.3 is 4.90 Å². The van der Waals surface area contributed by atoms with E-state index >= 15 is 0 Å². The van der Waals surface area contributed by atoms with Gasteiger partial charge in [0.25, 0.3) is 0 Å². The Bertz CT molecular complexity index is 673. The van der Waals surface area contributed by atoms with Crippen molar-refractivity contribution >= 4 is 17.4 Å². The Morgan fingerprint density at radius 1 is 1.14 bits per heavy atom. The lowest BCUT2D eigenvalue weighted by Crippen LogP contribution is -2.19. The fourth-order valence-corrected chi connectivity index (χ4v) is 3.31. The van der Waals surface area contributed by atoms with Gasteiger partial charge >= 0.3 is 0 Å². The molecule has 0 amide bonds. The number of hydrogen-bond donors (Lipinski definition) is 0. The van der Waals surface area contributed by atoms with Crippen molar-refractivity contribution in [2.45, 2.75) is 22.8 Å². The highest BCUT2D eigenvalue weighted by Crippen LogP contribution is 2.34. The molecule has 1 fully saturated rings. The molecule has 1 saturated heterocycles. The number of rotatable bonds is 3. The average Bonchev–Trinajstić information content (AvgIpc) is 3.03. The van der Waals surface area contributed by atoms with Crippen LogP contribution in [0.4, 0.5) is 10.1 Å². The molecule has 0 aliphatic carbocycles. The number of anilines is 1. The van der Waals surface area contributed by atoms with Crippen LogP contribution in [-0.4, -0.2) is 18.1 Å². The third kappa shape index (κ3) is 3.01. The third-order valence-electron chi connectivity index (χ3n) is 3.48. The van der Waals surface area contributed by atoms with Crippen molar-refractivity contribution in [3.05, 3.63) is 47.9 Å². The van der Waals surface area contributed by atoms with E-state index in [-0.39, 0.29) is 5.82 Å². The van der Waals surface area contributed by atoms with E-state index in [1.54, 1.807) is 18.3 Å². The molecule has 3 nitrogen and oxygen atoms in total. The average molecular weight is 299 g/mol. The molecule has 21 heavy (non-hydrogen) atoms. The molecular formula is C16H14FN3S. The van der Waals surface area contributed by atoms with Gasteiger partial charge in [-0.25, -0.2) is 9.37 Å². The first-order valence-corrected chi connectivity index (χ1v) is 7.67. The van der Waals surface area contributed by atoms with Gasteiger partial charge in [-0.2, -0.15) is 5.26 Å². The maximum Gasteiger partial charge on any atom is 0.123 e. The summed E-state index contributed by atoms with van der Waals surface area (Å²) in [7, 11) is 0. The number of hydrogen-bond acceptors (Lipinski definition) is 4. The third-order valence-corrected chi connectivity index (χ3v) is 4.49. The van der Waals surface area contributed by atoms with Crippen LogP contribution in [-0.2, 0) is 0 Å². The van der Waals surface area contributed by atoms with Crippen molar-refractivity contribution in [2.24, 2.45) is 0 Å². The Hall–Kier alpha value is -2.06. The molecule has 1 aliphatic heterocycles. The molecule has 2 heterocycles. The quantitative estimate of drug-likeness (QED) is 0.863. The van der Waals surface area contributed by atoms with Crippen molar-refractivity contribution in [1.82, 2.24) is 4.98 Å². The second-order valence-electron chi connectivity index (χ2n) is 4.87. The summed E-state index contributed by atoms with van der Waals surface area (Å²) in [5.74, 6) is -0.265. The van der Waals surface area contributed by atoms with E-state index in [1.807, 2.05) is 6.07 Å². The van der Waals surface area contributed by atoms with E-state index in [9.17, 15) is 9.65 Å². The predicted octanol–water partition coefficient (Wildman–Crippen LogP) is 3.84. The fourth-order valence-electron chi connectivity index (χ4n) is 2.45. The largest absolute Gasteiger partial charge is 0.370 e. The Balaban J connectivity index is 1.93. The van der Waals surface area contributed by atoms with Crippen LogP contribution in [0.5, 0.6) is 0 Å². The van der Waals surface area contributed by atoms with E-state index in [1.165, 1.54) is 23.9 Å². The molecular weight excluding hydrogens is 285 g/mol. The maximum atomic E-state index is 13.0. The predicted molar refractivity (Wildman–Crippen MR) is 80.9 cm³/mol. The summed E-state index contributed by atoms with van der Waals surface area (Å²) in [5, 5.41) is 10.2. The number of halogens is 1. The van der Waals surface area contributed by atoms with Gasteiger partial charge in [-0.05, 0) is 43.2 Å². The summed E-state index contributed by atoms with van der Waals surface area (Å²) < 4.78 is 13.0. The van der Waals surface area contributed by atoms with Crippen LogP contribution >= 0.6 is 11.8 Å². The Morgan fingerprint density at radius 2 is 1.86 bits per heavy atom. The van der Waals surface area contributed by atoms with Crippen molar-refractivity contribution < 1.29 is 4.39 Å². The highest BCUT2D eigenvalue weighted by molar-refractivity contribution is 7.99. The molecule has 0 saturated carbocycles. The summed E-state index contributed by atoms with van der Waals surface area (Å²) in [6.07, 6.45) is 4.06. The van der Waals surface area contributed by atoms with E-state index < -0.39 is 0 Å². The lowest BCUT2D eigenvalue weighted by atomic mass is 10.2. The monoisotopic (exact) mass is 299 g/mol. The van der Waals surface area contributed by atoms with Gasteiger partial charge in [-0.15, -0.1) is 0 Å². The summed E-state index contributed by atoms with van der Waals surface area (Å²) >= 11 is 1.39. The number of pyridine rings is 1. The second kappa shape index (κ2) is 6.15. The highest BCUT2D eigenvalue weighted by atomic mass is 32.2. The minimum atomic E-state index is -0.265. The minimum Gasteiger partial charge on any atom is -0.370 e. The van der Waals surface area contributed by atoms with Crippen molar-refractivity contribution in [1.29, 1.82) is 5.26 Å². The van der Waals surface area contributed by atoms with Crippen molar-refractivity contribution in [3.8, 4) is 6.07 Å². The maximum absolute atomic E-state index is 13.0. The zero-order valence-corrected chi connectivity index (χ0v) is 12.2. The van der Waals surface area contributed by atoms with Crippen LogP contribution in [0.1, 0.15) is 18.4 Å². The molecule has 1 aromatic heterocycles. The molecule has 0 atom stereocenters. The summed E-state index contributed by atoms with van der Waals surface area (Å²) in [5.41, 5.74) is 1.56. The summed E-state index contributed by atoms with van der Waals surface area (Å²) in [6.45, 7) is 1.97. The molecule has 0 radical (unpaired) electrons. The zero-order valence-electron chi connectivity index (χ0n) is 11.4. The van der Waals surface area contributed by atoms with E-state index in [2.05, 4.69) is 16.0 Å².